The standard InChI is InChI=1S/C11H13N3O/c1-8-4-5-9(2)14(8)11-6-10(7-15)13(3)12-11/h4-7H,1-3H3. The third kappa shape index (κ3) is 1.48. The van der Waals surface area contributed by atoms with Gasteiger partial charge in [-0.25, -0.2) is 0 Å². The molecule has 0 radical (unpaired) electrons. The van der Waals surface area contributed by atoms with Crippen molar-refractivity contribution in [3.63, 3.8) is 0 Å². The summed E-state index contributed by atoms with van der Waals surface area (Å²) in [5.41, 5.74) is 2.81. The van der Waals surface area contributed by atoms with E-state index in [9.17, 15) is 4.79 Å². The maximum Gasteiger partial charge on any atom is 0.168 e. The highest BCUT2D eigenvalue weighted by Crippen LogP contribution is 2.15. The molecule has 2 heterocycles. The number of hydrogen-bond donors (Lipinski definition) is 0. The molecule has 0 N–H and O–H groups in total. The van der Waals surface area contributed by atoms with Crippen LogP contribution in [0.1, 0.15) is 21.9 Å². The van der Waals surface area contributed by atoms with Crippen LogP contribution in [0.2, 0.25) is 0 Å². The lowest BCUT2D eigenvalue weighted by molar-refractivity contribution is 0.111. The molecule has 0 bridgehead atoms. The third-order valence-electron chi connectivity index (χ3n) is 2.52. The van der Waals surface area contributed by atoms with E-state index in [2.05, 4.69) is 5.10 Å². The lowest BCUT2D eigenvalue weighted by atomic mass is 10.4. The predicted octanol–water partition coefficient (Wildman–Crippen LogP) is 1.64. The van der Waals surface area contributed by atoms with Crippen molar-refractivity contribution in [2.24, 2.45) is 7.05 Å². The molecule has 0 saturated carbocycles. The van der Waals surface area contributed by atoms with Crippen LogP contribution in [0.4, 0.5) is 0 Å². The fraction of sp³-hybridized carbons (Fsp3) is 0.273. The number of carbonyl (C=O) groups is 1. The minimum atomic E-state index is 0.581. The molecule has 4 nitrogen and oxygen atoms in total. The maximum atomic E-state index is 10.7. The molecule has 0 aromatic carbocycles. The van der Waals surface area contributed by atoms with Crippen LogP contribution in [0.5, 0.6) is 0 Å². The summed E-state index contributed by atoms with van der Waals surface area (Å²) in [5.74, 6) is 0.791. The van der Waals surface area contributed by atoms with Crippen LogP contribution < -0.4 is 0 Å². The van der Waals surface area contributed by atoms with Crippen molar-refractivity contribution in [2.75, 3.05) is 0 Å². The Morgan fingerprint density at radius 1 is 1.27 bits per heavy atom. The average molecular weight is 203 g/mol. The van der Waals surface area contributed by atoms with Crippen molar-refractivity contribution >= 4 is 6.29 Å². The van der Waals surface area contributed by atoms with E-state index >= 15 is 0 Å². The van der Waals surface area contributed by atoms with Crippen LogP contribution in [-0.4, -0.2) is 20.6 Å². The monoisotopic (exact) mass is 203 g/mol. The Balaban J connectivity index is 2.59. The molecule has 0 saturated heterocycles. The summed E-state index contributed by atoms with van der Waals surface area (Å²) >= 11 is 0. The Hall–Kier alpha value is -1.84. The first kappa shape index (κ1) is 9.71. The average Bonchev–Trinajstić information content (AvgIpc) is 2.70. The van der Waals surface area contributed by atoms with Crippen molar-refractivity contribution in [1.29, 1.82) is 0 Å². The van der Waals surface area contributed by atoms with Crippen molar-refractivity contribution in [3.05, 3.63) is 35.3 Å². The zero-order valence-corrected chi connectivity index (χ0v) is 9.06. The highest BCUT2D eigenvalue weighted by molar-refractivity contribution is 5.73. The van der Waals surface area contributed by atoms with E-state index in [-0.39, 0.29) is 0 Å². The van der Waals surface area contributed by atoms with Crippen molar-refractivity contribution < 1.29 is 4.79 Å². The maximum absolute atomic E-state index is 10.7. The number of carbonyl (C=O) groups excluding carboxylic acids is 1. The molecule has 0 fully saturated rings. The van der Waals surface area contributed by atoms with Crippen LogP contribution in [-0.2, 0) is 7.05 Å². The van der Waals surface area contributed by atoms with Crippen molar-refractivity contribution in [2.45, 2.75) is 13.8 Å². The molecule has 2 aromatic rings. The first-order valence-electron chi connectivity index (χ1n) is 4.78. The highest BCUT2D eigenvalue weighted by Gasteiger charge is 2.09. The first-order chi connectivity index (χ1) is 7.13. The second-order valence-electron chi connectivity index (χ2n) is 3.62. The highest BCUT2D eigenvalue weighted by atomic mass is 16.1. The van der Waals surface area contributed by atoms with Crippen LogP contribution in [0.25, 0.3) is 5.82 Å². The largest absolute Gasteiger partial charge is 0.302 e. The molecule has 0 unspecified atom stereocenters. The van der Waals surface area contributed by atoms with E-state index < -0.39 is 0 Å². The van der Waals surface area contributed by atoms with Gasteiger partial charge in [-0.15, -0.1) is 0 Å². The Bertz CT molecular complexity index is 488. The minimum Gasteiger partial charge on any atom is -0.302 e. The molecule has 78 valence electrons. The Morgan fingerprint density at radius 2 is 1.87 bits per heavy atom. The lowest BCUT2D eigenvalue weighted by Crippen LogP contribution is -2.01. The fourth-order valence-corrected chi connectivity index (χ4v) is 1.72. The van der Waals surface area contributed by atoms with E-state index in [1.165, 1.54) is 0 Å². The van der Waals surface area contributed by atoms with Crippen LogP contribution >= 0.6 is 0 Å². The van der Waals surface area contributed by atoms with Gasteiger partial charge in [-0.3, -0.25) is 9.48 Å². The van der Waals surface area contributed by atoms with Crippen molar-refractivity contribution in [1.82, 2.24) is 14.3 Å². The van der Waals surface area contributed by atoms with Crippen molar-refractivity contribution in [3.8, 4) is 5.82 Å². The van der Waals surface area contributed by atoms with E-state index in [0.29, 0.717) is 5.69 Å². The molecule has 0 amide bonds. The molecule has 0 aliphatic carbocycles. The number of aryl methyl sites for hydroxylation is 3. The molecule has 4 heteroatoms. The number of aromatic nitrogens is 3. The van der Waals surface area contributed by atoms with E-state index in [1.807, 2.05) is 30.5 Å². The van der Waals surface area contributed by atoms with Gasteiger partial charge in [0, 0.05) is 24.5 Å². The molecule has 2 rings (SSSR count). The molecule has 0 atom stereocenters. The molecule has 0 aliphatic heterocycles. The van der Waals surface area contributed by atoms with Gasteiger partial charge >= 0.3 is 0 Å². The Morgan fingerprint density at radius 3 is 2.33 bits per heavy atom. The zero-order chi connectivity index (χ0) is 11.0. The van der Waals surface area contributed by atoms with Gasteiger partial charge in [0.1, 0.15) is 5.69 Å². The molecule has 0 spiro atoms. The topological polar surface area (TPSA) is 39.8 Å². The lowest BCUT2D eigenvalue weighted by Gasteiger charge is -2.03. The van der Waals surface area contributed by atoms with E-state index in [1.54, 1.807) is 17.8 Å². The number of nitrogens with zero attached hydrogens (tertiary/aromatic N) is 3. The predicted molar refractivity (Wildman–Crippen MR) is 57.4 cm³/mol. The summed E-state index contributed by atoms with van der Waals surface area (Å²) in [6.07, 6.45) is 0.810. The summed E-state index contributed by atoms with van der Waals surface area (Å²) in [4.78, 5) is 10.7. The van der Waals surface area contributed by atoms with Gasteiger partial charge in [-0.2, -0.15) is 5.10 Å². The van der Waals surface area contributed by atoms with Gasteiger partial charge in [0.15, 0.2) is 12.1 Å². The van der Waals surface area contributed by atoms with Crippen LogP contribution in [0.3, 0.4) is 0 Å². The normalized spacial score (nSPS) is 10.6. The second-order valence-corrected chi connectivity index (χ2v) is 3.62. The van der Waals surface area contributed by atoms with E-state index in [4.69, 9.17) is 0 Å². The minimum absolute atomic E-state index is 0.581. The Kier molecular flexibility index (Phi) is 2.19. The van der Waals surface area contributed by atoms with Gasteiger partial charge in [0.25, 0.3) is 0 Å². The van der Waals surface area contributed by atoms with Gasteiger partial charge in [0.2, 0.25) is 0 Å². The van der Waals surface area contributed by atoms with E-state index in [0.717, 1.165) is 23.5 Å². The van der Waals surface area contributed by atoms with Crippen LogP contribution in [0, 0.1) is 13.8 Å². The van der Waals surface area contributed by atoms with Gasteiger partial charge in [-0.1, -0.05) is 0 Å². The third-order valence-corrected chi connectivity index (χ3v) is 2.52. The quantitative estimate of drug-likeness (QED) is 0.696. The molecular formula is C11H13N3O. The number of rotatable bonds is 2. The summed E-state index contributed by atoms with van der Waals surface area (Å²) in [5, 5.41) is 4.29. The number of hydrogen-bond acceptors (Lipinski definition) is 2. The summed E-state index contributed by atoms with van der Waals surface area (Å²) in [6.45, 7) is 4.03. The summed E-state index contributed by atoms with van der Waals surface area (Å²) in [7, 11) is 1.77. The summed E-state index contributed by atoms with van der Waals surface area (Å²) < 4.78 is 3.61. The van der Waals surface area contributed by atoms with Gasteiger partial charge in [0.05, 0.1) is 0 Å². The Labute approximate surface area is 88.1 Å². The molecular weight excluding hydrogens is 190 g/mol. The molecule has 15 heavy (non-hydrogen) atoms. The van der Waals surface area contributed by atoms with Crippen LogP contribution in [0.15, 0.2) is 18.2 Å². The number of aldehydes is 1. The molecule has 0 aliphatic rings. The second kappa shape index (κ2) is 3.38. The SMILES string of the molecule is Cc1ccc(C)n1-c1cc(C=O)n(C)n1. The zero-order valence-electron chi connectivity index (χ0n) is 9.06. The molecule has 2 aromatic heterocycles. The fourth-order valence-electron chi connectivity index (χ4n) is 1.72. The summed E-state index contributed by atoms with van der Waals surface area (Å²) in [6, 6.07) is 5.85. The van der Waals surface area contributed by atoms with Gasteiger partial charge < -0.3 is 4.57 Å². The smallest absolute Gasteiger partial charge is 0.168 e. The first-order valence-corrected chi connectivity index (χ1v) is 4.78. The van der Waals surface area contributed by atoms with Gasteiger partial charge in [-0.05, 0) is 26.0 Å².